The zero-order valence-corrected chi connectivity index (χ0v) is 19.2. The van der Waals surface area contributed by atoms with E-state index in [1.54, 1.807) is 12.1 Å². The van der Waals surface area contributed by atoms with Crippen LogP contribution in [0, 0.1) is 11.3 Å². The number of hydrogen-bond donors (Lipinski definition) is 0. The van der Waals surface area contributed by atoms with Gasteiger partial charge in [0.25, 0.3) is 0 Å². The van der Waals surface area contributed by atoms with E-state index < -0.39 is 0 Å². The Morgan fingerprint density at radius 2 is 1.50 bits per heavy atom. The van der Waals surface area contributed by atoms with Crippen LogP contribution in [0.5, 0.6) is 0 Å². The van der Waals surface area contributed by atoms with E-state index >= 15 is 0 Å². The minimum Gasteiger partial charge on any atom is -0.257 e. The average Bonchev–Trinajstić information content (AvgIpc) is 3.35. The van der Waals surface area contributed by atoms with E-state index in [0.29, 0.717) is 10.6 Å². The van der Waals surface area contributed by atoms with Crippen molar-refractivity contribution in [3.63, 3.8) is 0 Å². The van der Waals surface area contributed by atoms with Crippen molar-refractivity contribution < 1.29 is 0 Å². The number of halogens is 1. The first-order valence-electron chi connectivity index (χ1n) is 11.2. The fourth-order valence-electron chi connectivity index (χ4n) is 4.19. The highest BCUT2D eigenvalue weighted by molar-refractivity contribution is 6.30. The second-order valence-corrected chi connectivity index (χ2v) is 8.59. The summed E-state index contributed by atoms with van der Waals surface area (Å²) in [5.74, 6) is 0. The predicted octanol–water partition coefficient (Wildman–Crippen LogP) is 7.76. The van der Waals surface area contributed by atoms with E-state index in [4.69, 9.17) is 16.7 Å². The van der Waals surface area contributed by atoms with Crippen LogP contribution in [0.3, 0.4) is 0 Å². The fourth-order valence-corrected chi connectivity index (χ4v) is 4.31. The average molecular weight is 460 g/mol. The van der Waals surface area contributed by atoms with Crippen molar-refractivity contribution in [2.75, 3.05) is 5.01 Å². The predicted molar refractivity (Wildman–Crippen MR) is 141 cm³/mol. The second-order valence-electron chi connectivity index (χ2n) is 8.16. The van der Waals surface area contributed by atoms with Crippen LogP contribution in [0.25, 0.3) is 11.6 Å². The number of nitrogens with zero attached hydrogens (tertiary/aromatic N) is 3. The van der Waals surface area contributed by atoms with Gasteiger partial charge in [-0.05, 0) is 52.6 Å². The third-order valence-corrected chi connectivity index (χ3v) is 6.20. The molecule has 4 heteroatoms. The molecule has 0 aromatic heterocycles. The highest BCUT2D eigenvalue weighted by Gasteiger charge is 2.29. The lowest BCUT2D eigenvalue weighted by atomic mass is 9.98. The van der Waals surface area contributed by atoms with Crippen molar-refractivity contribution in [3.05, 3.63) is 136 Å². The zero-order chi connectivity index (χ0) is 23.3. The molecule has 0 saturated carbocycles. The van der Waals surface area contributed by atoms with Crippen LogP contribution in [-0.2, 0) is 0 Å². The quantitative estimate of drug-likeness (QED) is 0.226. The van der Waals surface area contributed by atoms with Gasteiger partial charge in [-0.3, -0.25) is 5.01 Å². The first-order valence-corrected chi connectivity index (χ1v) is 11.5. The summed E-state index contributed by atoms with van der Waals surface area (Å²) in [6.45, 7) is 0. The number of allylic oxidation sites excluding steroid dienone is 1. The van der Waals surface area contributed by atoms with E-state index in [-0.39, 0.29) is 6.04 Å². The van der Waals surface area contributed by atoms with E-state index in [1.165, 1.54) is 5.56 Å². The molecule has 0 amide bonds. The first-order chi connectivity index (χ1) is 16.7. The molecular formula is C30H22ClN3. The Morgan fingerprint density at radius 1 is 0.853 bits per heavy atom. The standard InChI is InChI=1S/C30H22ClN3/c31-27-15-13-23(14-16-27)26(21-32)19-22-11-17-28(18-12-22)34-30(25-9-5-2-6-10-25)20-29(33-34)24-7-3-1-4-8-24/h1-19,30H,20H2/b26-19+. The summed E-state index contributed by atoms with van der Waals surface area (Å²) >= 11 is 5.99. The molecule has 34 heavy (non-hydrogen) atoms. The van der Waals surface area contributed by atoms with Gasteiger partial charge in [-0.1, -0.05) is 96.5 Å². The van der Waals surface area contributed by atoms with Crippen LogP contribution in [-0.4, -0.2) is 5.71 Å². The summed E-state index contributed by atoms with van der Waals surface area (Å²) < 4.78 is 0. The van der Waals surface area contributed by atoms with Gasteiger partial charge in [0.2, 0.25) is 0 Å². The smallest absolute Gasteiger partial charge is 0.0998 e. The van der Waals surface area contributed by atoms with Crippen molar-refractivity contribution >= 4 is 34.6 Å². The molecule has 1 heterocycles. The lowest BCUT2D eigenvalue weighted by molar-refractivity contribution is 0.709. The number of nitriles is 1. The van der Waals surface area contributed by atoms with Gasteiger partial charge in [0.15, 0.2) is 0 Å². The molecule has 3 nitrogen and oxygen atoms in total. The zero-order valence-electron chi connectivity index (χ0n) is 18.5. The maximum absolute atomic E-state index is 9.66. The molecule has 1 atom stereocenters. The summed E-state index contributed by atoms with van der Waals surface area (Å²) in [7, 11) is 0. The summed E-state index contributed by atoms with van der Waals surface area (Å²) in [5, 5.41) is 17.4. The number of rotatable bonds is 5. The Labute approximate surface area is 204 Å². The van der Waals surface area contributed by atoms with Crippen molar-refractivity contribution in [2.45, 2.75) is 12.5 Å². The summed E-state index contributed by atoms with van der Waals surface area (Å²) in [6, 6.07) is 38.8. The van der Waals surface area contributed by atoms with E-state index in [9.17, 15) is 5.26 Å². The number of hydrogen-bond acceptors (Lipinski definition) is 3. The monoisotopic (exact) mass is 459 g/mol. The summed E-state index contributed by atoms with van der Waals surface area (Å²) in [5.41, 5.74) is 6.87. The van der Waals surface area contributed by atoms with Crippen molar-refractivity contribution in [1.29, 1.82) is 5.26 Å². The van der Waals surface area contributed by atoms with Gasteiger partial charge in [0, 0.05) is 11.4 Å². The third-order valence-electron chi connectivity index (χ3n) is 5.95. The summed E-state index contributed by atoms with van der Waals surface area (Å²) in [4.78, 5) is 0. The van der Waals surface area contributed by atoms with Crippen LogP contribution >= 0.6 is 11.6 Å². The second kappa shape index (κ2) is 9.79. The highest BCUT2D eigenvalue weighted by Crippen LogP contribution is 2.37. The van der Waals surface area contributed by atoms with Gasteiger partial charge in [-0.2, -0.15) is 10.4 Å². The Balaban J connectivity index is 1.46. The molecule has 1 aliphatic rings. The van der Waals surface area contributed by atoms with Crippen molar-refractivity contribution in [3.8, 4) is 6.07 Å². The molecule has 0 spiro atoms. The molecule has 0 fully saturated rings. The van der Waals surface area contributed by atoms with Gasteiger partial charge in [-0.15, -0.1) is 0 Å². The van der Waals surface area contributed by atoms with Gasteiger partial charge in [-0.25, -0.2) is 0 Å². The van der Waals surface area contributed by atoms with Gasteiger partial charge < -0.3 is 0 Å². The largest absolute Gasteiger partial charge is 0.257 e. The van der Waals surface area contributed by atoms with Gasteiger partial charge in [0.1, 0.15) is 0 Å². The maximum atomic E-state index is 9.66. The summed E-state index contributed by atoms with van der Waals surface area (Å²) in [6.07, 6.45) is 2.73. The van der Waals surface area contributed by atoms with Gasteiger partial charge >= 0.3 is 0 Å². The Morgan fingerprint density at radius 3 is 2.15 bits per heavy atom. The minimum atomic E-state index is 0.126. The molecule has 4 aromatic carbocycles. The van der Waals surface area contributed by atoms with Crippen LogP contribution in [0.4, 0.5) is 5.69 Å². The van der Waals surface area contributed by atoms with E-state index in [1.807, 2.05) is 54.6 Å². The Kier molecular flexibility index (Phi) is 6.25. The SMILES string of the molecule is N#C/C(=C\c1ccc(N2N=C(c3ccccc3)CC2c2ccccc2)cc1)c1ccc(Cl)cc1. The van der Waals surface area contributed by atoms with E-state index in [0.717, 1.165) is 34.5 Å². The Hall–Kier alpha value is -4.13. The molecule has 164 valence electrons. The topological polar surface area (TPSA) is 39.4 Å². The third kappa shape index (κ3) is 4.64. The molecule has 0 saturated heterocycles. The molecule has 1 aliphatic heterocycles. The number of benzene rings is 4. The molecule has 5 rings (SSSR count). The lowest BCUT2D eigenvalue weighted by Crippen LogP contribution is -2.18. The molecule has 0 N–H and O–H groups in total. The highest BCUT2D eigenvalue weighted by atomic mass is 35.5. The number of hydrazone groups is 1. The maximum Gasteiger partial charge on any atom is 0.0998 e. The molecule has 0 bridgehead atoms. The van der Waals surface area contributed by atoms with Crippen molar-refractivity contribution in [2.24, 2.45) is 5.10 Å². The van der Waals surface area contributed by atoms with Gasteiger partial charge in [0.05, 0.1) is 29.1 Å². The van der Waals surface area contributed by atoms with Crippen LogP contribution in [0.1, 0.15) is 34.7 Å². The van der Waals surface area contributed by atoms with Crippen LogP contribution < -0.4 is 5.01 Å². The Bertz CT molecular complexity index is 1370. The molecule has 0 aliphatic carbocycles. The molecular weight excluding hydrogens is 438 g/mol. The first kappa shape index (κ1) is 21.7. The van der Waals surface area contributed by atoms with Crippen molar-refractivity contribution in [1.82, 2.24) is 0 Å². The fraction of sp³-hybridized carbons (Fsp3) is 0.0667. The molecule has 1 unspecified atom stereocenters. The van der Waals surface area contributed by atoms with Crippen LogP contribution in [0.2, 0.25) is 5.02 Å². The normalized spacial score (nSPS) is 15.6. The molecule has 0 radical (unpaired) electrons. The van der Waals surface area contributed by atoms with Crippen LogP contribution in [0.15, 0.2) is 114 Å². The number of anilines is 1. The molecule has 4 aromatic rings. The minimum absolute atomic E-state index is 0.126. The van der Waals surface area contributed by atoms with E-state index in [2.05, 4.69) is 59.6 Å². The lowest BCUT2D eigenvalue weighted by Gasteiger charge is -2.24.